The van der Waals surface area contributed by atoms with E-state index < -0.39 is 0 Å². The number of allylic oxidation sites excluding steroid dienone is 3. The highest BCUT2D eigenvalue weighted by Crippen LogP contribution is 2.12. The molecule has 0 spiro atoms. The average Bonchev–Trinajstić information content (AvgIpc) is 2.40. The van der Waals surface area contributed by atoms with Crippen molar-refractivity contribution < 1.29 is 0 Å². The lowest BCUT2D eigenvalue weighted by molar-refractivity contribution is 0.384. The monoisotopic (exact) mass is 250 g/mol. The maximum Gasteiger partial charge on any atom is 0.0263 e. The summed E-state index contributed by atoms with van der Waals surface area (Å²) < 4.78 is 0. The molecule has 2 nitrogen and oxygen atoms in total. The normalized spacial score (nSPS) is 16.3. The molecule has 0 bridgehead atoms. The van der Waals surface area contributed by atoms with E-state index in [0.29, 0.717) is 0 Å². The maximum atomic E-state index is 6.10. The summed E-state index contributed by atoms with van der Waals surface area (Å²) in [6.07, 6.45) is 7.51. The molecule has 0 amide bonds. The van der Waals surface area contributed by atoms with Gasteiger partial charge in [0, 0.05) is 19.1 Å². The summed E-state index contributed by atoms with van der Waals surface area (Å²) in [5, 5.41) is 0. The smallest absolute Gasteiger partial charge is 0.0263 e. The third-order valence-corrected chi connectivity index (χ3v) is 3.47. The first kappa shape index (κ1) is 17.1. The molecule has 0 saturated carbocycles. The van der Waals surface area contributed by atoms with Gasteiger partial charge >= 0.3 is 0 Å². The maximum absolute atomic E-state index is 6.10. The van der Waals surface area contributed by atoms with Crippen molar-refractivity contribution >= 4 is 0 Å². The van der Waals surface area contributed by atoms with Crippen LogP contribution in [0.15, 0.2) is 34.9 Å². The Balaban J connectivity index is 4.55. The standard InChI is InChI=1S/C16H30N2/c1-7-13(5)14(8-2)11-18(6)12-15(9-3)16(17)10-4/h7-9,16H,10-12,17H2,1-6H3/b13-7-,14-8-,15-9-. The molecule has 0 aliphatic carbocycles. The van der Waals surface area contributed by atoms with Crippen LogP contribution < -0.4 is 5.73 Å². The Morgan fingerprint density at radius 3 is 2.11 bits per heavy atom. The Labute approximate surface area is 113 Å². The lowest BCUT2D eigenvalue weighted by Gasteiger charge is -2.23. The quantitative estimate of drug-likeness (QED) is 0.553. The average molecular weight is 250 g/mol. The van der Waals surface area contributed by atoms with Gasteiger partial charge in [0.2, 0.25) is 0 Å². The summed E-state index contributed by atoms with van der Waals surface area (Å²) in [5.74, 6) is 0. The molecule has 1 atom stereocenters. The topological polar surface area (TPSA) is 29.3 Å². The van der Waals surface area contributed by atoms with Crippen LogP contribution in [-0.4, -0.2) is 31.1 Å². The minimum atomic E-state index is 0.189. The predicted molar refractivity (Wildman–Crippen MR) is 82.7 cm³/mol. The third-order valence-electron chi connectivity index (χ3n) is 3.47. The van der Waals surface area contributed by atoms with Crippen LogP contribution in [0.5, 0.6) is 0 Å². The molecule has 0 aromatic heterocycles. The molecular weight excluding hydrogens is 220 g/mol. The highest BCUT2D eigenvalue weighted by molar-refractivity contribution is 5.29. The summed E-state index contributed by atoms with van der Waals surface area (Å²) in [5.41, 5.74) is 10.2. The SMILES string of the molecule is C/C=C(C)\C(=C/C)CN(C)C/C(=C/C)C(N)CC. The summed E-state index contributed by atoms with van der Waals surface area (Å²) in [6.45, 7) is 12.5. The second-order valence-electron chi connectivity index (χ2n) is 4.84. The van der Waals surface area contributed by atoms with E-state index in [1.165, 1.54) is 16.7 Å². The van der Waals surface area contributed by atoms with Crippen LogP contribution >= 0.6 is 0 Å². The van der Waals surface area contributed by atoms with Crippen LogP contribution in [0.4, 0.5) is 0 Å². The van der Waals surface area contributed by atoms with Crippen LogP contribution in [0, 0.1) is 0 Å². The van der Waals surface area contributed by atoms with Gasteiger partial charge in [0.05, 0.1) is 0 Å². The largest absolute Gasteiger partial charge is 0.324 e. The number of likely N-dealkylation sites (N-methyl/N-ethyl adjacent to an activating group) is 1. The minimum Gasteiger partial charge on any atom is -0.324 e. The molecule has 0 aliphatic rings. The van der Waals surface area contributed by atoms with Crippen LogP contribution in [0.25, 0.3) is 0 Å². The fourth-order valence-corrected chi connectivity index (χ4v) is 1.97. The van der Waals surface area contributed by atoms with Crippen LogP contribution in [0.2, 0.25) is 0 Å². The summed E-state index contributed by atoms with van der Waals surface area (Å²) >= 11 is 0. The molecule has 18 heavy (non-hydrogen) atoms. The van der Waals surface area contributed by atoms with Gasteiger partial charge in [-0.15, -0.1) is 0 Å². The Hall–Kier alpha value is -0.860. The van der Waals surface area contributed by atoms with Crippen molar-refractivity contribution in [3.05, 3.63) is 34.9 Å². The van der Waals surface area contributed by atoms with Gasteiger partial charge in [-0.1, -0.05) is 30.7 Å². The lowest BCUT2D eigenvalue weighted by Crippen LogP contribution is -2.31. The number of hydrogen-bond donors (Lipinski definition) is 1. The summed E-state index contributed by atoms with van der Waals surface area (Å²) in [6, 6.07) is 0.189. The van der Waals surface area contributed by atoms with Crippen molar-refractivity contribution in [2.24, 2.45) is 5.73 Å². The second kappa shape index (κ2) is 9.12. The van der Waals surface area contributed by atoms with E-state index in [0.717, 1.165) is 19.5 Å². The number of rotatable bonds is 7. The van der Waals surface area contributed by atoms with E-state index in [4.69, 9.17) is 5.73 Å². The van der Waals surface area contributed by atoms with E-state index in [1.807, 2.05) is 0 Å². The number of nitrogens with two attached hydrogens (primary N) is 1. The Morgan fingerprint density at radius 1 is 1.11 bits per heavy atom. The van der Waals surface area contributed by atoms with Crippen molar-refractivity contribution in [3.8, 4) is 0 Å². The zero-order valence-electron chi connectivity index (χ0n) is 13.0. The molecule has 0 fully saturated rings. The molecule has 0 aromatic carbocycles. The molecule has 0 radical (unpaired) electrons. The molecule has 0 aromatic rings. The van der Waals surface area contributed by atoms with Crippen molar-refractivity contribution in [3.63, 3.8) is 0 Å². The van der Waals surface area contributed by atoms with Crippen molar-refractivity contribution in [2.45, 2.75) is 47.1 Å². The molecule has 104 valence electrons. The molecule has 2 N–H and O–H groups in total. The predicted octanol–water partition coefficient (Wildman–Crippen LogP) is 3.51. The lowest BCUT2D eigenvalue weighted by atomic mass is 10.0. The Kier molecular flexibility index (Phi) is 8.69. The zero-order chi connectivity index (χ0) is 14.1. The van der Waals surface area contributed by atoms with Gasteiger partial charge in [0.1, 0.15) is 0 Å². The Morgan fingerprint density at radius 2 is 1.72 bits per heavy atom. The zero-order valence-corrected chi connectivity index (χ0v) is 13.0. The van der Waals surface area contributed by atoms with E-state index >= 15 is 0 Å². The van der Waals surface area contributed by atoms with Crippen LogP contribution in [0.3, 0.4) is 0 Å². The molecular formula is C16H30N2. The first-order chi connectivity index (χ1) is 8.49. The van der Waals surface area contributed by atoms with E-state index in [9.17, 15) is 0 Å². The van der Waals surface area contributed by atoms with E-state index in [-0.39, 0.29) is 6.04 Å². The highest BCUT2D eigenvalue weighted by Gasteiger charge is 2.10. The van der Waals surface area contributed by atoms with E-state index in [1.54, 1.807) is 0 Å². The highest BCUT2D eigenvalue weighted by atomic mass is 15.1. The van der Waals surface area contributed by atoms with Crippen molar-refractivity contribution in [1.82, 2.24) is 4.90 Å². The number of nitrogens with zero attached hydrogens (tertiary/aromatic N) is 1. The molecule has 0 aliphatic heterocycles. The summed E-state index contributed by atoms with van der Waals surface area (Å²) in [4.78, 5) is 2.33. The van der Waals surface area contributed by atoms with Gasteiger partial charge in [-0.3, -0.25) is 4.90 Å². The van der Waals surface area contributed by atoms with Gasteiger partial charge in [-0.2, -0.15) is 0 Å². The molecule has 2 heteroatoms. The summed E-state index contributed by atoms with van der Waals surface area (Å²) in [7, 11) is 2.15. The first-order valence-electron chi connectivity index (χ1n) is 6.87. The van der Waals surface area contributed by atoms with Gasteiger partial charge in [-0.25, -0.2) is 0 Å². The number of hydrogen-bond acceptors (Lipinski definition) is 2. The van der Waals surface area contributed by atoms with Gasteiger partial charge in [-0.05, 0) is 52.3 Å². The van der Waals surface area contributed by atoms with Gasteiger partial charge < -0.3 is 5.73 Å². The minimum absolute atomic E-state index is 0.189. The van der Waals surface area contributed by atoms with E-state index in [2.05, 4.69) is 64.8 Å². The third kappa shape index (κ3) is 5.65. The van der Waals surface area contributed by atoms with Gasteiger partial charge in [0.15, 0.2) is 0 Å². The fraction of sp³-hybridized carbons (Fsp3) is 0.625. The molecule has 0 heterocycles. The van der Waals surface area contributed by atoms with Gasteiger partial charge in [0.25, 0.3) is 0 Å². The van der Waals surface area contributed by atoms with Crippen LogP contribution in [0.1, 0.15) is 41.0 Å². The Bertz CT molecular complexity index is 324. The second-order valence-corrected chi connectivity index (χ2v) is 4.84. The van der Waals surface area contributed by atoms with Crippen molar-refractivity contribution in [2.75, 3.05) is 20.1 Å². The first-order valence-corrected chi connectivity index (χ1v) is 6.87. The molecule has 0 rings (SSSR count). The molecule has 0 saturated heterocycles. The van der Waals surface area contributed by atoms with Crippen molar-refractivity contribution in [1.29, 1.82) is 0 Å². The fourth-order valence-electron chi connectivity index (χ4n) is 1.97. The molecule has 1 unspecified atom stereocenters. The van der Waals surface area contributed by atoms with Crippen LogP contribution in [-0.2, 0) is 0 Å².